The summed E-state index contributed by atoms with van der Waals surface area (Å²) in [6.07, 6.45) is 2.09. The highest BCUT2D eigenvalue weighted by molar-refractivity contribution is 5.94. The largest absolute Gasteiger partial charge is 0.496 e. The minimum absolute atomic E-state index is 0.00194. The molecule has 0 spiro atoms. The Labute approximate surface area is 116 Å². The van der Waals surface area contributed by atoms with Gasteiger partial charge in [0, 0.05) is 11.6 Å². The van der Waals surface area contributed by atoms with Crippen LogP contribution < -0.4 is 10.1 Å². The summed E-state index contributed by atoms with van der Waals surface area (Å²) >= 11 is 0. The van der Waals surface area contributed by atoms with Gasteiger partial charge in [-0.3, -0.25) is 4.79 Å². The number of hydrogen-bond acceptors (Lipinski definition) is 2. The van der Waals surface area contributed by atoms with Gasteiger partial charge in [0.05, 0.1) is 7.11 Å². The zero-order chi connectivity index (χ0) is 14.4. The maximum Gasteiger partial charge on any atom is 0.251 e. The molecule has 1 rings (SSSR count). The molecule has 0 aliphatic carbocycles. The second kappa shape index (κ2) is 7.17. The molecule has 1 unspecified atom stereocenters. The maximum absolute atomic E-state index is 12.2. The summed E-state index contributed by atoms with van der Waals surface area (Å²) in [5.74, 6) is 1.26. The Morgan fingerprint density at radius 2 is 2.05 bits per heavy atom. The third-order valence-electron chi connectivity index (χ3n) is 3.38. The first-order chi connectivity index (χ1) is 8.99. The molecular formula is C16H25NO2. The molecular weight excluding hydrogens is 238 g/mol. The van der Waals surface area contributed by atoms with Crippen molar-refractivity contribution in [3.8, 4) is 5.75 Å². The quantitative estimate of drug-likeness (QED) is 0.852. The lowest BCUT2D eigenvalue weighted by Gasteiger charge is -2.22. The molecule has 1 N–H and O–H groups in total. The number of carbonyl (C=O) groups is 1. The van der Waals surface area contributed by atoms with E-state index in [1.807, 2.05) is 25.1 Å². The SMILES string of the molecule is CCCC(NC(=O)c1ccc(OC)c(C)c1)C(C)C. The maximum atomic E-state index is 12.2. The highest BCUT2D eigenvalue weighted by atomic mass is 16.5. The van der Waals surface area contributed by atoms with Gasteiger partial charge in [-0.25, -0.2) is 0 Å². The van der Waals surface area contributed by atoms with Crippen molar-refractivity contribution < 1.29 is 9.53 Å². The second-order valence-electron chi connectivity index (χ2n) is 5.30. The van der Waals surface area contributed by atoms with Crippen LogP contribution in [0.5, 0.6) is 5.75 Å². The number of nitrogens with one attached hydrogen (secondary N) is 1. The van der Waals surface area contributed by atoms with Crippen molar-refractivity contribution in [1.82, 2.24) is 5.32 Å². The van der Waals surface area contributed by atoms with Gasteiger partial charge in [-0.15, -0.1) is 0 Å². The van der Waals surface area contributed by atoms with Crippen LogP contribution in [0.4, 0.5) is 0 Å². The van der Waals surface area contributed by atoms with Crippen molar-refractivity contribution in [2.24, 2.45) is 5.92 Å². The summed E-state index contributed by atoms with van der Waals surface area (Å²) < 4.78 is 5.21. The van der Waals surface area contributed by atoms with Crippen molar-refractivity contribution in [1.29, 1.82) is 0 Å². The number of carbonyl (C=O) groups excluding carboxylic acids is 1. The van der Waals surface area contributed by atoms with Crippen LogP contribution in [-0.2, 0) is 0 Å². The Kier molecular flexibility index (Phi) is 5.87. The zero-order valence-corrected chi connectivity index (χ0v) is 12.6. The highest BCUT2D eigenvalue weighted by Crippen LogP contribution is 2.19. The Bertz CT molecular complexity index is 427. The van der Waals surface area contributed by atoms with E-state index in [1.165, 1.54) is 0 Å². The summed E-state index contributed by atoms with van der Waals surface area (Å²) in [6.45, 7) is 8.36. The summed E-state index contributed by atoms with van der Waals surface area (Å²) in [5, 5.41) is 3.12. The number of benzene rings is 1. The molecule has 1 aromatic carbocycles. The third-order valence-corrected chi connectivity index (χ3v) is 3.38. The number of ether oxygens (including phenoxy) is 1. The van der Waals surface area contributed by atoms with Crippen LogP contribution in [0, 0.1) is 12.8 Å². The highest BCUT2D eigenvalue weighted by Gasteiger charge is 2.16. The molecule has 3 heteroatoms. The van der Waals surface area contributed by atoms with Gasteiger partial charge in [0.2, 0.25) is 0 Å². The lowest BCUT2D eigenvalue weighted by atomic mass is 9.99. The van der Waals surface area contributed by atoms with Crippen LogP contribution in [0.15, 0.2) is 18.2 Å². The fraction of sp³-hybridized carbons (Fsp3) is 0.562. The van der Waals surface area contributed by atoms with Crippen LogP contribution >= 0.6 is 0 Å². The van der Waals surface area contributed by atoms with Crippen LogP contribution in [0.1, 0.15) is 49.5 Å². The van der Waals surface area contributed by atoms with Crippen LogP contribution in [0.2, 0.25) is 0 Å². The predicted molar refractivity (Wildman–Crippen MR) is 78.7 cm³/mol. The van der Waals surface area contributed by atoms with E-state index in [1.54, 1.807) is 7.11 Å². The van der Waals surface area contributed by atoms with E-state index in [0.717, 1.165) is 24.2 Å². The summed E-state index contributed by atoms with van der Waals surface area (Å²) in [5.41, 5.74) is 1.67. The smallest absolute Gasteiger partial charge is 0.251 e. The minimum atomic E-state index is -0.00194. The first-order valence-electron chi connectivity index (χ1n) is 6.95. The second-order valence-corrected chi connectivity index (χ2v) is 5.30. The van der Waals surface area contributed by atoms with Crippen molar-refractivity contribution in [3.63, 3.8) is 0 Å². The number of methoxy groups -OCH3 is 1. The van der Waals surface area contributed by atoms with Crippen molar-refractivity contribution in [3.05, 3.63) is 29.3 Å². The van der Waals surface area contributed by atoms with E-state index >= 15 is 0 Å². The number of amides is 1. The van der Waals surface area contributed by atoms with E-state index in [2.05, 4.69) is 26.1 Å². The molecule has 0 aromatic heterocycles. The van der Waals surface area contributed by atoms with E-state index < -0.39 is 0 Å². The van der Waals surface area contributed by atoms with Gasteiger partial charge in [0.15, 0.2) is 0 Å². The average Bonchev–Trinajstić information content (AvgIpc) is 2.37. The van der Waals surface area contributed by atoms with Gasteiger partial charge in [0.1, 0.15) is 5.75 Å². The van der Waals surface area contributed by atoms with Crippen LogP contribution in [-0.4, -0.2) is 19.1 Å². The fourth-order valence-corrected chi connectivity index (χ4v) is 2.15. The van der Waals surface area contributed by atoms with Gasteiger partial charge >= 0.3 is 0 Å². The summed E-state index contributed by atoms with van der Waals surface area (Å²) in [4.78, 5) is 12.2. The lowest BCUT2D eigenvalue weighted by molar-refractivity contribution is 0.0923. The number of hydrogen-bond donors (Lipinski definition) is 1. The third kappa shape index (κ3) is 4.27. The predicted octanol–water partition coefficient (Wildman–Crippen LogP) is 3.56. The topological polar surface area (TPSA) is 38.3 Å². The molecule has 0 aliphatic heterocycles. The molecule has 0 saturated heterocycles. The Hall–Kier alpha value is -1.51. The van der Waals surface area contributed by atoms with Crippen molar-refractivity contribution >= 4 is 5.91 Å². The van der Waals surface area contributed by atoms with E-state index in [9.17, 15) is 4.79 Å². The molecule has 1 aromatic rings. The van der Waals surface area contributed by atoms with Gasteiger partial charge in [0.25, 0.3) is 5.91 Å². The Morgan fingerprint density at radius 1 is 1.37 bits per heavy atom. The van der Waals surface area contributed by atoms with Gasteiger partial charge in [-0.1, -0.05) is 27.2 Å². The molecule has 0 radical (unpaired) electrons. The van der Waals surface area contributed by atoms with E-state index in [0.29, 0.717) is 11.5 Å². The average molecular weight is 263 g/mol. The zero-order valence-electron chi connectivity index (χ0n) is 12.6. The molecule has 1 amide bonds. The first kappa shape index (κ1) is 15.5. The van der Waals surface area contributed by atoms with Crippen molar-refractivity contribution in [2.75, 3.05) is 7.11 Å². The Balaban J connectivity index is 2.79. The molecule has 0 saturated carbocycles. The first-order valence-corrected chi connectivity index (χ1v) is 6.95. The fourth-order valence-electron chi connectivity index (χ4n) is 2.15. The van der Waals surface area contributed by atoms with E-state index in [4.69, 9.17) is 4.74 Å². The molecule has 0 heterocycles. The molecule has 0 aliphatic rings. The van der Waals surface area contributed by atoms with Crippen LogP contribution in [0.3, 0.4) is 0 Å². The number of rotatable bonds is 6. The molecule has 0 fully saturated rings. The number of aryl methyl sites for hydroxylation is 1. The Morgan fingerprint density at radius 3 is 2.53 bits per heavy atom. The van der Waals surface area contributed by atoms with Gasteiger partial charge in [-0.2, -0.15) is 0 Å². The van der Waals surface area contributed by atoms with Gasteiger partial charge < -0.3 is 10.1 Å². The molecule has 106 valence electrons. The van der Waals surface area contributed by atoms with Crippen LogP contribution in [0.25, 0.3) is 0 Å². The molecule has 3 nitrogen and oxygen atoms in total. The standard InChI is InChI=1S/C16H25NO2/c1-6-7-14(11(2)3)17-16(18)13-8-9-15(19-5)12(4)10-13/h8-11,14H,6-7H2,1-5H3,(H,17,18). The minimum Gasteiger partial charge on any atom is -0.496 e. The lowest BCUT2D eigenvalue weighted by Crippen LogP contribution is -2.38. The summed E-state index contributed by atoms with van der Waals surface area (Å²) in [7, 11) is 1.64. The molecule has 0 bridgehead atoms. The van der Waals surface area contributed by atoms with E-state index in [-0.39, 0.29) is 11.9 Å². The normalized spacial score (nSPS) is 12.3. The molecule has 19 heavy (non-hydrogen) atoms. The summed E-state index contributed by atoms with van der Waals surface area (Å²) in [6, 6.07) is 5.76. The van der Waals surface area contributed by atoms with Gasteiger partial charge in [-0.05, 0) is 43.0 Å². The molecule has 1 atom stereocenters. The monoisotopic (exact) mass is 263 g/mol. The van der Waals surface area contributed by atoms with Crippen molar-refractivity contribution in [2.45, 2.75) is 46.6 Å².